The molecule has 1 saturated heterocycles. The zero-order valence-corrected chi connectivity index (χ0v) is 17.4. The van der Waals surface area contributed by atoms with Crippen LogP contribution in [0.2, 0.25) is 0 Å². The first kappa shape index (κ1) is 19.3. The van der Waals surface area contributed by atoms with Gasteiger partial charge >= 0.3 is 0 Å². The van der Waals surface area contributed by atoms with Gasteiger partial charge in [-0.25, -0.2) is 4.98 Å². The Labute approximate surface area is 176 Å². The summed E-state index contributed by atoms with van der Waals surface area (Å²) in [5.41, 5.74) is 5.12. The topological polar surface area (TPSA) is 59.4 Å². The number of nitrogens with one attached hydrogen (secondary N) is 1. The first-order chi connectivity index (χ1) is 14.7. The quantitative estimate of drug-likeness (QED) is 0.683. The van der Waals surface area contributed by atoms with Crippen LogP contribution in [-0.2, 0) is 4.74 Å². The minimum Gasteiger partial charge on any atom is -0.379 e. The molecule has 156 valence electrons. The summed E-state index contributed by atoms with van der Waals surface area (Å²) >= 11 is 0. The summed E-state index contributed by atoms with van der Waals surface area (Å²) in [6.45, 7) is 5.87. The van der Waals surface area contributed by atoms with Crippen molar-refractivity contribution in [2.45, 2.75) is 31.8 Å². The van der Waals surface area contributed by atoms with E-state index >= 15 is 0 Å². The molecular formula is C24H28N4O2. The third-order valence-electron chi connectivity index (χ3n) is 6.18. The minimum absolute atomic E-state index is 0.0526. The van der Waals surface area contributed by atoms with Crippen LogP contribution in [0.3, 0.4) is 0 Å². The van der Waals surface area contributed by atoms with Gasteiger partial charge in [0, 0.05) is 31.2 Å². The Morgan fingerprint density at radius 3 is 2.67 bits per heavy atom. The molecule has 6 heteroatoms. The largest absolute Gasteiger partial charge is 0.379 e. The average molecular weight is 405 g/mol. The van der Waals surface area contributed by atoms with Gasteiger partial charge in [0.2, 0.25) is 0 Å². The van der Waals surface area contributed by atoms with Gasteiger partial charge in [-0.1, -0.05) is 29.8 Å². The van der Waals surface area contributed by atoms with Crippen LogP contribution in [-0.4, -0.2) is 53.2 Å². The van der Waals surface area contributed by atoms with Gasteiger partial charge in [0.05, 0.1) is 36.6 Å². The first-order valence-electron chi connectivity index (χ1n) is 10.8. The Morgan fingerprint density at radius 2 is 1.93 bits per heavy atom. The number of benzene rings is 2. The molecule has 2 fully saturated rings. The van der Waals surface area contributed by atoms with Crippen LogP contribution in [0.15, 0.2) is 48.8 Å². The number of morpholine rings is 1. The second-order valence-corrected chi connectivity index (χ2v) is 8.37. The number of hydrogen-bond acceptors (Lipinski definition) is 4. The van der Waals surface area contributed by atoms with Gasteiger partial charge in [-0.15, -0.1) is 0 Å². The number of aromatic nitrogens is 2. The van der Waals surface area contributed by atoms with Crippen LogP contribution in [0.25, 0.3) is 11.0 Å². The molecule has 1 aliphatic carbocycles. The molecular weight excluding hydrogens is 376 g/mol. The molecule has 1 aromatic heterocycles. The van der Waals surface area contributed by atoms with E-state index in [0.717, 1.165) is 37.3 Å². The maximum atomic E-state index is 12.9. The molecule has 6 nitrogen and oxygen atoms in total. The number of rotatable bonds is 6. The number of carbonyl (C=O) groups is 1. The van der Waals surface area contributed by atoms with Crippen molar-refractivity contribution in [2.75, 3.05) is 32.8 Å². The molecule has 1 saturated carbocycles. The van der Waals surface area contributed by atoms with Crippen molar-refractivity contribution in [1.82, 2.24) is 19.8 Å². The van der Waals surface area contributed by atoms with E-state index in [-0.39, 0.29) is 11.9 Å². The fraction of sp³-hybridized carbons (Fsp3) is 0.417. The highest BCUT2D eigenvalue weighted by molar-refractivity contribution is 5.97. The zero-order valence-electron chi connectivity index (χ0n) is 17.4. The van der Waals surface area contributed by atoms with Gasteiger partial charge in [0.15, 0.2) is 0 Å². The highest BCUT2D eigenvalue weighted by Gasteiger charge is 2.26. The number of hydrogen-bond donors (Lipinski definition) is 1. The van der Waals surface area contributed by atoms with Crippen molar-refractivity contribution in [3.05, 3.63) is 65.5 Å². The summed E-state index contributed by atoms with van der Waals surface area (Å²) in [5, 5.41) is 3.16. The third kappa shape index (κ3) is 3.98. The number of fused-ring (bicyclic) bond motifs is 1. The van der Waals surface area contributed by atoms with Crippen LogP contribution in [0.4, 0.5) is 0 Å². The van der Waals surface area contributed by atoms with Gasteiger partial charge in [0.1, 0.15) is 0 Å². The Hall–Kier alpha value is -2.70. The average Bonchev–Trinajstić information content (AvgIpc) is 3.54. The molecule has 5 rings (SSSR count). The number of imidazole rings is 1. The predicted octanol–water partition coefficient (Wildman–Crippen LogP) is 3.48. The van der Waals surface area contributed by atoms with E-state index in [9.17, 15) is 4.79 Å². The van der Waals surface area contributed by atoms with Crippen LogP contribution < -0.4 is 5.32 Å². The predicted molar refractivity (Wildman–Crippen MR) is 117 cm³/mol. The maximum Gasteiger partial charge on any atom is 0.251 e. The van der Waals surface area contributed by atoms with Gasteiger partial charge in [-0.3, -0.25) is 9.69 Å². The van der Waals surface area contributed by atoms with Crippen molar-refractivity contribution < 1.29 is 9.53 Å². The Bertz CT molecular complexity index is 1030. The van der Waals surface area contributed by atoms with Crippen molar-refractivity contribution in [2.24, 2.45) is 0 Å². The lowest BCUT2D eigenvalue weighted by molar-refractivity contribution is 0.0162. The van der Waals surface area contributed by atoms with E-state index in [0.29, 0.717) is 18.2 Å². The fourth-order valence-corrected chi connectivity index (χ4v) is 4.24. The standard InChI is InChI=1S/C24H28N4O2/c1-17-2-4-18(5-3-17)23(27-10-12-30-13-11-27)15-25-24(29)19-6-9-22-21(14-19)26-16-28(22)20-7-8-20/h2-6,9,14,16,20,23H,7-8,10-13,15H2,1H3,(H,25,29)/t23-/m1/s1. The highest BCUT2D eigenvalue weighted by Crippen LogP contribution is 2.37. The fourth-order valence-electron chi connectivity index (χ4n) is 4.24. The maximum absolute atomic E-state index is 12.9. The Morgan fingerprint density at radius 1 is 1.17 bits per heavy atom. The summed E-state index contributed by atoms with van der Waals surface area (Å²) < 4.78 is 7.75. The zero-order chi connectivity index (χ0) is 20.5. The number of ether oxygens (including phenoxy) is 1. The van der Waals surface area contributed by atoms with Crippen molar-refractivity contribution in [3.63, 3.8) is 0 Å². The summed E-state index contributed by atoms with van der Waals surface area (Å²) in [6, 6.07) is 15.1. The number of aryl methyl sites for hydroxylation is 1. The van der Waals surface area contributed by atoms with Crippen molar-refractivity contribution in [1.29, 1.82) is 0 Å². The van der Waals surface area contributed by atoms with E-state index in [1.807, 2.05) is 24.5 Å². The molecule has 0 spiro atoms. The minimum atomic E-state index is -0.0526. The van der Waals surface area contributed by atoms with Gasteiger partial charge in [-0.05, 0) is 43.5 Å². The van der Waals surface area contributed by atoms with Crippen LogP contribution in [0.1, 0.15) is 46.4 Å². The second-order valence-electron chi connectivity index (χ2n) is 8.37. The first-order valence-corrected chi connectivity index (χ1v) is 10.8. The molecule has 30 heavy (non-hydrogen) atoms. The lowest BCUT2D eigenvalue weighted by atomic mass is 10.0. The van der Waals surface area contributed by atoms with E-state index in [1.54, 1.807) is 0 Å². The van der Waals surface area contributed by atoms with Crippen LogP contribution in [0, 0.1) is 6.92 Å². The Kier molecular flexibility index (Phi) is 5.27. The molecule has 3 aromatic rings. The van der Waals surface area contributed by atoms with Gasteiger partial charge in [-0.2, -0.15) is 0 Å². The molecule has 1 atom stereocenters. The SMILES string of the molecule is Cc1ccc([C@@H](CNC(=O)c2ccc3c(c2)ncn3C2CC2)N2CCOCC2)cc1. The van der Waals surface area contributed by atoms with Crippen LogP contribution in [0.5, 0.6) is 0 Å². The Balaban J connectivity index is 1.32. The monoisotopic (exact) mass is 404 g/mol. The third-order valence-corrected chi connectivity index (χ3v) is 6.18. The van der Waals surface area contributed by atoms with E-state index in [4.69, 9.17) is 4.74 Å². The number of amides is 1. The van der Waals surface area contributed by atoms with E-state index in [2.05, 4.69) is 51.0 Å². The molecule has 1 amide bonds. The molecule has 1 N–H and O–H groups in total. The molecule has 2 aromatic carbocycles. The normalized spacial score (nSPS) is 18.4. The van der Waals surface area contributed by atoms with Gasteiger partial charge < -0.3 is 14.6 Å². The van der Waals surface area contributed by atoms with Crippen LogP contribution >= 0.6 is 0 Å². The van der Waals surface area contributed by atoms with E-state index in [1.165, 1.54) is 24.0 Å². The summed E-state index contributed by atoms with van der Waals surface area (Å²) in [5.74, 6) is -0.0526. The molecule has 2 aliphatic rings. The lowest BCUT2D eigenvalue weighted by Crippen LogP contribution is -2.43. The molecule has 0 unspecified atom stereocenters. The molecule has 0 radical (unpaired) electrons. The highest BCUT2D eigenvalue weighted by atomic mass is 16.5. The summed E-state index contributed by atoms with van der Waals surface area (Å²) in [6.07, 6.45) is 4.33. The van der Waals surface area contributed by atoms with Crippen molar-refractivity contribution in [3.8, 4) is 0 Å². The number of nitrogens with zero attached hydrogens (tertiary/aromatic N) is 3. The van der Waals surface area contributed by atoms with Crippen molar-refractivity contribution >= 4 is 16.9 Å². The smallest absolute Gasteiger partial charge is 0.251 e. The molecule has 1 aliphatic heterocycles. The van der Waals surface area contributed by atoms with E-state index < -0.39 is 0 Å². The summed E-state index contributed by atoms with van der Waals surface area (Å²) in [7, 11) is 0. The second kappa shape index (κ2) is 8.20. The molecule has 2 heterocycles. The number of carbonyl (C=O) groups excluding carboxylic acids is 1. The molecule has 0 bridgehead atoms. The summed E-state index contributed by atoms with van der Waals surface area (Å²) in [4.78, 5) is 19.8. The van der Waals surface area contributed by atoms with Gasteiger partial charge in [0.25, 0.3) is 5.91 Å². The lowest BCUT2D eigenvalue weighted by Gasteiger charge is -2.35.